The van der Waals surface area contributed by atoms with Gasteiger partial charge in [0.05, 0.1) is 17.2 Å². The summed E-state index contributed by atoms with van der Waals surface area (Å²) in [7, 11) is 0. The van der Waals surface area contributed by atoms with E-state index in [-0.39, 0.29) is 5.91 Å². The predicted octanol–water partition coefficient (Wildman–Crippen LogP) is 4.47. The Morgan fingerprint density at radius 2 is 1.92 bits per heavy atom. The van der Waals surface area contributed by atoms with E-state index in [9.17, 15) is 4.79 Å². The van der Waals surface area contributed by atoms with Crippen LogP contribution in [0, 0.1) is 11.3 Å². The van der Waals surface area contributed by atoms with E-state index in [1.165, 1.54) is 6.20 Å². The smallest absolute Gasteiger partial charge is 0.257 e. The van der Waals surface area contributed by atoms with Crippen molar-refractivity contribution in [2.24, 2.45) is 0 Å². The summed E-state index contributed by atoms with van der Waals surface area (Å²) < 4.78 is 0. The molecule has 0 fully saturated rings. The molecule has 0 aliphatic carbocycles. The lowest BCUT2D eigenvalue weighted by atomic mass is 10.1. The van der Waals surface area contributed by atoms with Crippen LogP contribution >= 0.6 is 11.6 Å². The SMILES string of the molecule is N#Cc1ccc(CNc2ccc(C(=O)Nc3cccc(Cl)c3)cn2)cc1. The highest BCUT2D eigenvalue weighted by atomic mass is 35.5. The van der Waals surface area contributed by atoms with Gasteiger partial charge in [-0.05, 0) is 48.0 Å². The lowest BCUT2D eigenvalue weighted by Gasteiger charge is -2.08. The highest BCUT2D eigenvalue weighted by Gasteiger charge is 2.07. The van der Waals surface area contributed by atoms with Gasteiger partial charge in [-0.15, -0.1) is 0 Å². The fraction of sp³-hybridized carbons (Fsp3) is 0.0500. The van der Waals surface area contributed by atoms with Crippen LogP contribution in [0.5, 0.6) is 0 Å². The summed E-state index contributed by atoms with van der Waals surface area (Å²) in [4.78, 5) is 16.5. The second kappa shape index (κ2) is 8.15. The van der Waals surface area contributed by atoms with Crippen molar-refractivity contribution >= 4 is 29.0 Å². The Morgan fingerprint density at radius 3 is 2.58 bits per heavy atom. The molecule has 0 saturated carbocycles. The van der Waals surface area contributed by atoms with Gasteiger partial charge in [0.2, 0.25) is 0 Å². The average Bonchev–Trinajstić information content (AvgIpc) is 2.67. The maximum absolute atomic E-state index is 12.2. The van der Waals surface area contributed by atoms with Crippen LogP contribution in [-0.4, -0.2) is 10.9 Å². The molecule has 3 rings (SSSR count). The topological polar surface area (TPSA) is 77.8 Å². The molecular weight excluding hydrogens is 348 g/mol. The van der Waals surface area contributed by atoms with Crippen LogP contribution in [0.15, 0.2) is 66.9 Å². The van der Waals surface area contributed by atoms with E-state index in [2.05, 4.69) is 21.7 Å². The predicted molar refractivity (Wildman–Crippen MR) is 102 cm³/mol. The third kappa shape index (κ3) is 4.59. The minimum atomic E-state index is -0.251. The minimum Gasteiger partial charge on any atom is -0.366 e. The zero-order chi connectivity index (χ0) is 18.4. The van der Waals surface area contributed by atoms with Crippen molar-refractivity contribution < 1.29 is 4.79 Å². The van der Waals surface area contributed by atoms with Crippen LogP contribution in [0.1, 0.15) is 21.5 Å². The number of nitrogens with zero attached hydrogens (tertiary/aromatic N) is 2. The standard InChI is InChI=1S/C20H15ClN4O/c21-17-2-1-3-18(10-17)25-20(26)16-8-9-19(24-13-16)23-12-15-6-4-14(11-22)5-7-15/h1-10,13H,12H2,(H,23,24)(H,25,26). The number of amides is 1. The van der Waals surface area contributed by atoms with Crippen LogP contribution in [0.2, 0.25) is 5.02 Å². The first-order valence-corrected chi connectivity index (χ1v) is 8.28. The quantitative estimate of drug-likeness (QED) is 0.701. The largest absolute Gasteiger partial charge is 0.366 e. The number of pyridine rings is 1. The highest BCUT2D eigenvalue weighted by molar-refractivity contribution is 6.30. The van der Waals surface area contributed by atoms with Gasteiger partial charge < -0.3 is 10.6 Å². The van der Waals surface area contributed by atoms with Crippen LogP contribution in [-0.2, 0) is 6.54 Å². The number of hydrogen-bond acceptors (Lipinski definition) is 4. The third-order valence-corrected chi connectivity index (χ3v) is 3.90. The molecule has 0 spiro atoms. The molecule has 6 heteroatoms. The van der Waals surface area contributed by atoms with E-state index in [1.807, 2.05) is 12.1 Å². The molecular formula is C20H15ClN4O. The molecule has 1 heterocycles. The number of benzene rings is 2. The monoisotopic (exact) mass is 362 g/mol. The van der Waals surface area contributed by atoms with Gasteiger partial charge >= 0.3 is 0 Å². The number of carbonyl (C=O) groups is 1. The molecule has 0 saturated heterocycles. The Bertz CT molecular complexity index is 947. The van der Waals surface area contributed by atoms with Crippen LogP contribution < -0.4 is 10.6 Å². The molecule has 5 nitrogen and oxygen atoms in total. The summed E-state index contributed by atoms with van der Waals surface area (Å²) >= 11 is 5.91. The van der Waals surface area contributed by atoms with Crippen molar-refractivity contribution in [3.05, 3.63) is 88.6 Å². The van der Waals surface area contributed by atoms with E-state index in [0.717, 1.165) is 5.56 Å². The van der Waals surface area contributed by atoms with Crippen molar-refractivity contribution in [3.63, 3.8) is 0 Å². The fourth-order valence-corrected chi connectivity index (χ4v) is 2.48. The van der Waals surface area contributed by atoms with Crippen molar-refractivity contribution in [3.8, 4) is 6.07 Å². The molecule has 0 aliphatic heterocycles. The normalized spacial score (nSPS) is 10.0. The van der Waals surface area contributed by atoms with Crippen molar-refractivity contribution in [1.82, 2.24) is 4.98 Å². The average molecular weight is 363 g/mol. The summed E-state index contributed by atoms with van der Waals surface area (Å²) in [5, 5.41) is 15.3. The van der Waals surface area contributed by atoms with Crippen LogP contribution in [0.4, 0.5) is 11.5 Å². The van der Waals surface area contributed by atoms with E-state index in [0.29, 0.717) is 34.2 Å². The molecule has 0 bridgehead atoms. The summed E-state index contributed by atoms with van der Waals surface area (Å²) in [6.45, 7) is 0.576. The van der Waals surface area contributed by atoms with Gasteiger partial charge in [0.25, 0.3) is 5.91 Å². The molecule has 128 valence electrons. The number of carbonyl (C=O) groups excluding carboxylic acids is 1. The van der Waals surface area contributed by atoms with E-state index >= 15 is 0 Å². The second-order valence-corrected chi connectivity index (χ2v) is 6.00. The lowest BCUT2D eigenvalue weighted by Crippen LogP contribution is -2.12. The van der Waals surface area contributed by atoms with Crippen molar-refractivity contribution in [2.75, 3.05) is 10.6 Å². The third-order valence-electron chi connectivity index (χ3n) is 3.66. The van der Waals surface area contributed by atoms with Gasteiger partial charge in [-0.3, -0.25) is 4.79 Å². The Morgan fingerprint density at radius 1 is 1.12 bits per heavy atom. The molecule has 2 aromatic carbocycles. The van der Waals surface area contributed by atoms with Crippen LogP contribution in [0.25, 0.3) is 0 Å². The number of halogens is 1. The number of aromatic nitrogens is 1. The number of nitrogens with one attached hydrogen (secondary N) is 2. The Kier molecular flexibility index (Phi) is 5.47. The first-order chi connectivity index (χ1) is 12.6. The van der Waals surface area contributed by atoms with E-state index in [4.69, 9.17) is 16.9 Å². The number of hydrogen-bond donors (Lipinski definition) is 2. The van der Waals surface area contributed by atoms with Gasteiger partial charge in [-0.1, -0.05) is 29.8 Å². The maximum atomic E-state index is 12.2. The van der Waals surface area contributed by atoms with Crippen molar-refractivity contribution in [2.45, 2.75) is 6.54 Å². The molecule has 3 aromatic rings. The Hall–Kier alpha value is -3.36. The minimum absolute atomic E-state index is 0.251. The molecule has 2 N–H and O–H groups in total. The summed E-state index contributed by atoms with van der Waals surface area (Å²) in [5.74, 6) is 0.409. The first kappa shape index (κ1) is 17.5. The van der Waals surface area contributed by atoms with E-state index in [1.54, 1.807) is 48.5 Å². The highest BCUT2D eigenvalue weighted by Crippen LogP contribution is 2.16. The molecule has 0 atom stereocenters. The zero-order valence-electron chi connectivity index (χ0n) is 13.7. The number of anilines is 2. The Balaban J connectivity index is 1.59. The van der Waals surface area contributed by atoms with Crippen molar-refractivity contribution in [1.29, 1.82) is 5.26 Å². The number of rotatable bonds is 5. The lowest BCUT2D eigenvalue weighted by molar-refractivity contribution is 0.102. The molecule has 0 unspecified atom stereocenters. The maximum Gasteiger partial charge on any atom is 0.257 e. The summed E-state index contributed by atoms with van der Waals surface area (Å²) in [6.07, 6.45) is 1.51. The van der Waals surface area contributed by atoms with Gasteiger partial charge in [-0.2, -0.15) is 5.26 Å². The fourth-order valence-electron chi connectivity index (χ4n) is 2.29. The molecule has 1 aromatic heterocycles. The van der Waals surface area contributed by atoms with Gasteiger partial charge in [-0.25, -0.2) is 4.98 Å². The zero-order valence-corrected chi connectivity index (χ0v) is 14.5. The molecule has 0 aliphatic rings. The first-order valence-electron chi connectivity index (χ1n) is 7.90. The Labute approximate surface area is 156 Å². The van der Waals surface area contributed by atoms with Gasteiger partial charge in [0.1, 0.15) is 5.82 Å². The molecule has 1 amide bonds. The van der Waals surface area contributed by atoms with Crippen LogP contribution in [0.3, 0.4) is 0 Å². The molecule has 0 radical (unpaired) electrons. The number of nitriles is 1. The summed E-state index contributed by atoms with van der Waals surface area (Å²) in [5.41, 5.74) is 2.75. The second-order valence-electron chi connectivity index (χ2n) is 5.56. The van der Waals surface area contributed by atoms with Gasteiger partial charge in [0, 0.05) is 23.5 Å². The van der Waals surface area contributed by atoms with Gasteiger partial charge in [0.15, 0.2) is 0 Å². The van der Waals surface area contributed by atoms with E-state index < -0.39 is 0 Å². The molecule has 26 heavy (non-hydrogen) atoms. The summed E-state index contributed by atoms with van der Waals surface area (Å²) in [6, 6.07) is 19.8.